The van der Waals surface area contributed by atoms with Crippen molar-refractivity contribution in [3.63, 3.8) is 0 Å². The SMILES string of the molecule is c1ccc(Nc2nc(CN3CCS[C@@H]4COCC[C@H]43)cs2)cc1. The fourth-order valence-electron chi connectivity index (χ4n) is 3.25. The summed E-state index contributed by atoms with van der Waals surface area (Å²) in [5.74, 6) is 1.20. The van der Waals surface area contributed by atoms with Crippen LogP contribution in [-0.2, 0) is 11.3 Å². The molecule has 0 amide bonds. The van der Waals surface area contributed by atoms with Gasteiger partial charge < -0.3 is 10.1 Å². The van der Waals surface area contributed by atoms with Crippen LogP contribution in [0, 0.1) is 0 Å². The molecule has 0 bridgehead atoms. The minimum Gasteiger partial charge on any atom is -0.380 e. The summed E-state index contributed by atoms with van der Waals surface area (Å²) >= 11 is 3.76. The van der Waals surface area contributed by atoms with Gasteiger partial charge >= 0.3 is 0 Å². The average Bonchev–Trinajstić information content (AvgIpc) is 3.03. The van der Waals surface area contributed by atoms with E-state index < -0.39 is 0 Å². The predicted octanol–water partition coefficient (Wildman–Crippen LogP) is 3.59. The van der Waals surface area contributed by atoms with Gasteiger partial charge in [-0.1, -0.05) is 18.2 Å². The molecular weight excluding hydrogens is 326 g/mol. The van der Waals surface area contributed by atoms with Gasteiger partial charge in [-0.25, -0.2) is 4.98 Å². The molecule has 1 N–H and O–H groups in total. The zero-order chi connectivity index (χ0) is 15.5. The van der Waals surface area contributed by atoms with Crippen LogP contribution in [0.15, 0.2) is 35.7 Å². The van der Waals surface area contributed by atoms with Crippen LogP contribution < -0.4 is 5.32 Å². The Morgan fingerprint density at radius 3 is 3.13 bits per heavy atom. The molecular formula is C17H21N3OS2. The molecule has 0 radical (unpaired) electrons. The van der Waals surface area contributed by atoms with E-state index in [-0.39, 0.29) is 0 Å². The molecule has 1 aromatic carbocycles. The Balaban J connectivity index is 1.41. The second-order valence-electron chi connectivity index (χ2n) is 5.95. The van der Waals surface area contributed by atoms with E-state index in [4.69, 9.17) is 9.72 Å². The quantitative estimate of drug-likeness (QED) is 0.915. The highest BCUT2D eigenvalue weighted by Crippen LogP contribution is 2.31. The fourth-order valence-corrected chi connectivity index (χ4v) is 5.34. The summed E-state index contributed by atoms with van der Waals surface area (Å²) in [6.07, 6.45) is 1.15. The van der Waals surface area contributed by atoms with E-state index >= 15 is 0 Å². The monoisotopic (exact) mass is 347 g/mol. The number of anilines is 2. The van der Waals surface area contributed by atoms with Gasteiger partial charge in [0, 0.05) is 47.8 Å². The summed E-state index contributed by atoms with van der Waals surface area (Å²) in [6, 6.07) is 10.9. The summed E-state index contributed by atoms with van der Waals surface area (Å²) in [6.45, 7) is 3.92. The molecule has 23 heavy (non-hydrogen) atoms. The van der Waals surface area contributed by atoms with Crippen LogP contribution in [0.2, 0.25) is 0 Å². The van der Waals surface area contributed by atoms with Gasteiger partial charge in [-0.2, -0.15) is 11.8 Å². The van der Waals surface area contributed by atoms with E-state index in [0.29, 0.717) is 11.3 Å². The molecule has 0 aliphatic carbocycles. The summed E-state index contributed by atoms with van der Waals surface area (Å²) < 4.78 is 5.64. The summed E-state index contributed by atoms with van der Waals surface area (Å²) in [4.78, 5) is 7.37. The predicted molar refractivity (Wildman–Crippen MR) is 97.7 cm³/mol. The molecule has 1 aromatic heterocycles. The maximum Gasteiger partial charge on any atom is 0.187 e. The van der Waals surface area contributed by atoms with Gasteiger partial charge in [-0.3, -0.25) is 4.90 Å². The normalized spacial score (nSPS) is 25.0. The fraction of sp³-hybridized carbons (Fsp3) is 0.471. The van der Waals surface area contributed by atoms with Gasteiger partial charge in [-0.15, -0.1) is 11.3 Å². The second-order valence-corrected chi connectivity index (χ2v) is 8.15. The van der Waals surface area contributed by atoms with E-state index in [2.05, 4.69) is 39.5 Å². The van der Waals surface area contributed by atoms with Crippen molar-refractivity contribution in [1.82, 2.24) is 9.88 Å². The number of hydrogen-bond acceptors (Lipinski definition) is 6. The molecule has 0 saturated carbocycles. The maximum absolute atomic E-state index is 5.64. The largest absolute Gasteiger partial charge is 0.380 e. The minimum atomic E-state index is 0.637. The Labute approximate surface area is 145 Å². The number of aromatic nitrogens is 1. The van der Waals surface area contributed by atoms with Crippen molar-refractivity contribution >= 4 is 33.9 Å². The molecule has 2 fully saturated rings. The highest BCUT2D eigenvalue weighted by atomic mass is 32.2. The molecule has 3 heterocycles. The van der Waals surface area contributed by atoms with Crippen LogP contribution >= 0.6 is 23.1 Å². The zero-order valence-corrected chi connectivity index (χ0v) is 14.6. The first-order valence-electron chi connectivity index (χ1n) is 8.08. The Hall–Kier alpha value is -1.08. The van der Waals surface area contributed by atoms with Crippen molar-refractivity contribution < 1.29 is 4.74 Å². The lowest BCUT2D eigenvalue weighted by molar-refractivity contribution is 0.0348. The first-order chi connectivity index (χ1) is 11.4. The molecule has 4 rings (SSSR count). The summed E-state index contributed by atoms with van der Waals surface area (Å²) in [5, 5.41) is 7.17. The van der Waals surface area contributed by atoms with E-state index in [1.807, 2.05) is 18.2 Å². The molecule has 2 atom stereocenters. The van der Waals surface area contributed by atoms with Crippen LogP contribution in [0.1, 0.15) is 12.1 Å². The van der Waals surface area contributed by atoms with Gasteiger partial charge in [0.15, 0.2) is 5.13 Å². The number of thiazole rings is 1. The van der Waals surface area contributed by atoms with Gasteiger partial charge in [0.2, 0.25) is 0 Å². The van der Waals surface area contributed by atoms with Crippen molar-refractivity contribution in [2.75, 3.05) is 30.8 Å². The third kappa shape index (κ3) is 3.71. The number of nitrogens with zero attached hydrogens (tertiary/aromatic N) is 2. The lowest BCUT2D eigenvalue weighted by Gasteiger charge is -2.43. The molecule has 2 aromatic rings. The van der Waals surface area contributed by atoms with Crippen molar-refractivity contribution in [2.24, 2.45) is 0 Å². The zero-order valence-electron chi connectivity index (χ0n) is 13.0. The molecule has 4 nitrogen and oxygen atoms in total. The molecule has 2 aliphatic rings. The first-order valence-corrected chi connectivity index (χ1v) is 10.0. The molecule has 0 unspecified atom stereocenters. The topological polar surface area (TPSA) is 37.4 Å². The third-order valence-electron chi connectivity index (χ3n) is 4.39. The Bertz CT molecular complexity index is 632. The van der Waals surface area contributed by atoms with Gasteiger partial charge in [0.05, 0.1) is 12.3 Å². The number of ether oxygens (including phenoxy) is 1. The smallest absolute Gasteiger partial charge is 0.187 e. The van der Waals surface area contributed by atoms with Gasteiger partial charge in [0.1, 0.15) is 0 Å². The number of thioether (sulfide) groups is 1. The van der Waals surface area contributed by atoms with E-state index in [9.17, 15) is 0 Å². The first kappa shape index (κ1) is 15.4. The Morgan fingerprint density at radius 1 is 1.30 bits per heavy atom. The molecule has 6 heteroatoms. The van der Waals surface area contributed by atoms with E-state index in [1.54, 1.807) is 11.3 Å². The second kappa shape index (κ2) is 7.21. The van der Waals surface area contributed by atoms with Crippen LogP contribution in [0.3, 0.4) is 0 Å². The molecule has 0 spiro atoms. The number of rotatable bonds is 4. The minimum absolute atomic E-state index is 0.637. The molecule has 2 saturated heterocycles. The third-order valence-corrected chi connectivity index (χ3v) is 6.49. The van der Waals surface area contributed by atoms with Crippen LogP contribution in [-0.4, -0.2) is 46.7 Å². The average molecular weight is 348 g/mol. The van der Waals surface area contributed by atoms with E-state index in [0.717, 1.165) is 43.5 Å². The van der Waals surface area contributed by atoms with Crippen molar-refractivity contribution in [3.8, 4) is 0 Å². The highest BCUT2D eigenvalue weighted by Gasteiger charge is 2.34. The van der Waals surface area contributed by atoms with Crippen molar-refractivity contribution in [1.29, 1.82) is 0 Å². The summed E-state index contributed by atoms with van der Waals surface area (Å²) in [7, 11) is 0. The van der Waals surface area contributed by atoms with Crippen molar-refractivity contribution in [2.45, 2.75) is 24.3 Å². The van der Waals surface area contributed by atoms with Crippen LogP contribution in [0.5, 0.6) is 0 Å². The van der Waals surface area contributed by atoms with Crippen LogP contribution in [0.4, 0.5) is 10.8 Å². The number of benzene rings is 1. The number of para-hydroxylation sites is 1. The number of fused-ring (bicyclic) bond motifs is 1. The highest BCUT2D eigenvalue weighted by molar-refractivity contribution is 8.00. The van der Waals surface area contributed by atoms with Crippen molar-refractivity contribution in [3.05, 3.63) is 41.4 Å². The molecule has 122 valence electrons. The van der Waals surface area contributed by atoms with Gasteiger partial charge in [-0.05, 0) is 18.6 Å². The van der Waals surface area contributed by atoms with E-state index in [1.165, 1.54) is 11.4 Å². The lowest BCUT2D eigenvalue weighted by Crippen LogP contribution is -2.51. The number of nitrogens with one attached hydrogen (secondary N) is 1. The standard InChI is InChI=1S/C17H21N3OS2/c1-2-4-13(5-3-1)18-17-19-14(12-23-17)10-20-7-9-22-16-11-21-8-6-15(16)20/h1-5,12,15-16H,6-11H2,(H,18,19)/t15-,16-/m1/s1. The summed E-state index contributed by atoms with van der Waals surface area (Å²) in [5.41, 5.74) is 2.26. The van der Waals surface area contributed by atoms with Crippen LogP contribution in [0.25, 0.3) is 0 Å². The van der Waals surface area contributed by atoms with Gasteiger partial charge in [0.25, 0.3) is 0 Å². The Kier molecular flexibility index (Phi) is 4.85. The maximum atomic E-state index is 5.64. The number of hydrogen-bond donors (Lipinski definition) is 1. The molecule has 2 aliphatic heterocycles. The lowest BCUT2D eigenvalue weighted by atomic mass is 10.1. The Morgan fingerprint density at radius 2 is 2.22 bits per heavy atom.